The summed E-state index contributed by atoms with van der Waals surface area (Å²) in [5.74, 6) is -1.61. The SMILES string of the molecule is COc1ccccc1CC(CC(=O)Nc1ccc(Cl)cc1)C(=O)O. The molecule has 0 heterocycles. The Bertz CT molecular complexity index is 715. The Morgan fingerprint density at radius 3 is 2.46 bits per heavy atom. The fraction of sp³-hybridized carbons (Fsp3) is 0.222. The highest BCUT2D eigenvalue weighted by Crippen LogP contribution is 2.23. The van der Waals surface area contributed by atoms with Crippen LogP contribution in [0.25, 0.3) is 0 Å². The van der Waals surface area contributed by atoms with Crippen LogP contribution in [0.15, 0.2) is 48.5 Å². The second kappa shape index (κ2) is 8.36. The quantitative estimate of drug-likeness (QED) is 0.802. The molecule has 6 heteroatoms. The van der Waals surface area contributed by atoms with Crippen molar-refractivity contribution in [2.24, 2.45) is 5.92 Å². The van der Waals surface area contributed by atoms with E-state index in [1.54, 1.807) is 36.4 Å². The van der Waals surface area contributed by atoms with Crippen molar-refractivity contribution in [1.29, 1.82) is 0 Å². The van der Waals surface area contributed by atoms with Crippen LogP contribution < -0.4 is 10.1 Å². The molecule has 2 aromatic carbocycles. The Labute approximate surface area is 145 Å². The molecule has 2 aromatic rings. The first-order valence-corrected chi connectivity index (χ1v) is 7.77. The molecule has 0 saturated heterocycles. The normalized spacial score (nSPS) is 11.6. The zero-order chi connectivity index (χ0) is 17.5. The molecule has 0 fully saturated rings. The van der Waals surface area contributed by atoms with E-state index in [1.165, 1.54) is 7.11 Å². The highest BCUT2D eigenvalue weighted by atomic mass is 35.5. The Balaban J connectivity index is 2.04. The number of halogens is 1. The predicted octanol–water partition coefficient (Wildman–Crippen LogP) is 3.62. The smallest absolute Gasteiger partial charge is 0.307 e. The van der Waals surface area contributed by atoms with E-state index in [0.29, 0.717) is 16.5 Å². The van der Waals surface area contributed by atoms with Crippen LogP contribution in [-0.2, 0) is 16.0 Å². The third-order valence-electron chi connectivity index (χ3n) is 3.57. The van der Waals surface area contributed by atoms with Gasteiger partial charge in [-0.15, -0.1) is 0 Å². The first kappa shape index (κ1) is 17.8. The van der Waals surface area contributed by atoms with Crippen LogP contribution in [0.2, 0.25) is 5.02 Å². The summed E-state index contributed by atoms with van der Waals surface area (Å²) < 4.78 is 5.23. The highest BCUT2D eigenvalue weighted by molar-refractivity contribution is 6.30. The van der Waals surface area contributed by atoms with Crippen molar-refractivity contribution in [3.05, 3.63) is 59.1 Å². The number of carbonyl (C=O) groups excluding carboxylic acids is 1. The van der Waals surface area contributed by atoms with Gasteiger partial charge in [0.15, 0.2) is 0 Å². The molecule has 0 bridgehead atoms. The Morgan fingerprint density at radius 2 is 1.83 bits per heavy atom. The largest absolute Gasteiger partial charge is 0.496 e. The standard InChI is InChI=1S/C18H18ClNO4/c1-24-16-5-3-2-4-12(16)10-13(18(22)23)11-17(21)20-15-8-6-14(19)7-9-15/h2-9,13H,10-11H2,1H3,(H,20,21)(H,22,23). The summed E-state index contributed by atoms with van der Waals surface area (Å²) in [6.07, 6.45) is 0.0867. The lowest BCUT2D eigenvalue weighted by atomic mass is 9.95. The second-order valence-electron chi connectivity index (χ2n) is 5.31. The van der Waals surface area contributed by atoms with Gasteiger partial charge in [0.1, 0.15) is 5.75 Å². The van der Waals surface area contributed by atoms with Crippen molar-refractivity contribution in [1.82, 2.24) is 0 Å². The lowest BCUT2D eigenvalue weighted by Gasteiger charge is -2.14. The maximum Gasteiger partial charge on any atom is 0.307 e. The van der Waals surface area contributed by atoms with E-state index in [2.05, 4.69) is 5.32 Å². The number of hydrogen-bond acceptors (Lipinski definition) is 3. The van der Waals surface area contributed by atoms with Crippen molar-refractivity contribution < 1.29 is 19.4 Å². The number of para-hydroxylation sites is 1. The molecule has 126 valence electrons. The van der Waals surface area contributed by atoms with Crippen LogP contribution in [0.1, 0.15) is 12.0 Å². The summed E-state index contributed by atoms with van der Waals surface area (Å²) in [6.45, 7) is 0. The molecule has 0 radical (unpaired) electrons. The van der Waals surface area contributed by atoms with Crippen LogP contribution in [0.5, 0.6) is 5.75 Å². The Kier molecular flexibility index (Phi) is 6.21. The summed E-state index contributed by atoms with van der Waals surface area (Å²) in [4.78, 5) is 23.6. The predicted molar refractivity (Wildman–Crippen MR) is 92.5 cm³/mol. The molecular formula is C18H18ClNO4. The molecular weight excluding hydrogens is 330 g/mol. The number of carboxylic acid groups (broad SMARTS) is 1. The van der Waals surface area contributed by atoms with E-state index >= 15 is 0 Å². The molecule has 1 amide bonds. The minimum Gasteiger partial charge on any atom is -0.496 e. The molecule has 0 spiro atoms. The van der Waals surface area contributed by atoms with E-state index in [0.717, 1.165) is 5.56 Å². The lowest BCUT2D eigenvalue weighted by Crippen LogP contribution is -2.24. The maximum absolute atomic E-state index is 12.1. The molecule has 0 aliphatic carbocycles. The van der Waals surface area contributed by atoms with Gasteiger partial charge in [-0.05, 0) is 42.3 Å². The number of anilines is 1. The van der Waals surface area contributed by atoms with Crippen LogP contribution in [-0.4, -0.2) is 24.1 Å². The van der Waals surface area contributed by atoms with Gasteiger partial charge in [-0.25, -0.2) is 0 Å². The van der Waals surface area contributed by atoms with Crippen LogP contribution in [0, 0.1) is 5.92 Å². The number of nitrogens with one attached hydrogen (secondary N) is 1. The number of carboxylic acids is 1. The van der Waals surface area contributed by atoms with E-state index in [4.69, 9.17) is 16.3 Å². The van der Waals surface area contributed by atoms with E-state index in [-0.39, 0.29) is 18.7 Å². The summed E-state index contributed by atoms with van der Waals surface area (Å²) in [5, 5.41) is 12.7. The molecule has 0 aromatic heterocycles. The fourth-order valence-corrected chi connectivity index (χ4v) is 2.48. The van der Waals surface area contributed by atoms with Gasteiger partial charge >= 0.3 is 5.97 Å². The van der Waals surface area contributed by atoms with Crippen molar-refractivity contribution in [2.45, 2.75) is 12.8 Å². The number of benzene rings is 2. The molecule has 24 heavy (non-hydrogen) atoms. The van der Waals surface area contributed by atoms with E-state index < -0.39 is 11.9 Å². The summed E-state index contributed by atoms with van der Waals surface area (Å²) in [7, 11) is 1.53. The second-order valence-corrected chi connectivity index (χ2v) is 5.75. The van der Waals surface area contributed by atoms with Crippen molar-refractivity contribution in [3.63, 3.8) is 0 Å². The number of rotatable bonds is 7. The Hall–Kier alpha value is -2.53. The maximum atomic E-state index is 12.1. The third kappa shape index (κ3) is 4.99. The van der Waals surface area contributed by atoms with Gasteiger partial charge in [-0.3, -0.25) is 9.59 Å². The van der Waals surface area contributed by atoms with E-state index in [1.807, 2.05) is 12.1 Å². The zero-order valence-corrected chi connectivity index (χ0v) is 13.9. The highest BCUT2D eigenvalue weighted by Gasteiger charge is 2.23. The number of amides is 1. The number of aliphatic carboxylic acids is 1. The average molecular weight is 348 g/mol. The first-order valence-electron chi connectivity index (χ1n) is 7.39. The Morgan fingerprint density at radius 1 is 1.17 bits per heavy atom. The van der Waals surface area contributed by atoms with Crippen LogP contribution >= 0.6 is 11.6 Å². The van der Waals surface area contributed by atoms with E-state index in [9.17, 15) is 14.7 Å². The van der Waals surface area contributed by atoms with Crippen molar-refractivity contribution in [2.75, 3.05) is 12.4 Å². The van der Waals surface area contributed by atoms with Crippen molar-refractivity contribution >= 4 is 29.2 Å². The van der Waals surface area contributed by atoms with Gasteiger partial charge in [0, 0.05) is 17.1 Å². The fourth-order valence-electron chi connectivity index (χ4n) is 2.35. The first-order chi connectivity index (χ1) is 11.5. The van der Waals surface area contributed by atoms with Gasteiger partial charge in [0.25, 0.3) is 0 Å². The lowest BCUT2D eigenvalue weighted by molar-refractivity contribution is -0.143. The van der Waals surface area contributed by atoms with Gasteiger partial charge < -0.3 is 15.2 Å². The molecule has 1 atom stereocenters. The minimum absolute atomic E-state index is 0.129. The summed E-state index contributed by atoms with van der Waals surface area (Å²) >= 11 is 5.79. The molecule has 2 N–H and O–H groups in total. The topological polar surface area (TPSA) is 75.6 Å². The molecule has 5 nitrogen and oxygen atoms in total. The zero-order valence-electron chi connectivity index (χ0n) is 13.2. The minimum atomic E-state index is -1.02. The number of ether oxygens (including phenoxy) is 1. The number of hydrogen-bond donors (Lipinski definition) is 2. The molecule has 0 aliphatic heterocycles. The average Bonchev–Trinajstić information content (AvgIpc) is 2.56. The molecule has 1 unspecified atom stereocenters. The molecule has 0 aliphatic rings. The molecule has 0 saturated carbocycles. The number of methoxy groups -OCH3 is 1. The van der Waals surface area contributed by atoms with Crippen LogP contribution in [0.4, 0.5) is 5.69 Å². The number of carbonyl (C=O) groups is 2. The van der Waals surface area contributed by atoms with Gasteiger partial charge in [-0.2, -0.15) is 0 Å². The van der Waals surface area contributed by atoms with Crippen LogP contribution in [0.3, 0.4) is 0 Å². The monoisotopic (exact) mass is 347 g/mol. The third-order valence-corrected chi connectivity index (χ3v) is 3.82. The van der Waals surface area contributed by atoms with Crippen molar-refractivity contribution in [3.8, 4) is 5.75 Å². The summed E-state index contributed by atoms with van der Waals surface area (Å²) in [6, 6.07) is 13.8. The molecule has 2 rings (SSSR count). The van der Waals surface area contributed by atoms with Gasteiger partial charge in [0.2, 0.25) is 5.91 Å². The van der Waals surface area contributed by atoms with Gasteiger partial charge in [-0.1, -0.05) is 29.8 Å². The van der Waals surface area contributed by atoms with Gasteiger partial charge in [0.05, 0.1) is 13.0 Å². The summed E-state index contributed by atoms with van der Waals surface area (Å²) in [5.41, 5.74) is 1.33.